The first-order chi connectivity index (χ1) is 11.9. The third-order valence-corrected chi connectivity index (χ3v) is 3.15. The molecule has 0 atom stereocenters. The Morgan fingerprint density at radius 2 is 2.04 bits per heavy atom. The Balaban J connectivity index is 2.10. The number of nitro benzene ring substituents is 1. The van der Waals surface area contributed by atoms with Crippen LogP contribution in [0.5, 0.6) is 5.75 Å². The van der Waals surface area contributed by atoms with E-state index in [1.807, 2.05) is 0 Å². The Kier molecular flexibility index (Phi) is 5.98. The minimum atomic E-state index is -1.77. The van der Waals surface area contributed by atoms with Gasteiger partial charge < -0.3 is 20.3 Å². The van der Waals surface area contributed by atoms with Gasteiger partial charge in [0.15, 0.2) is 6.29 Å². The number of nitrogens with one attached hydrogen (secondary N) is 1. The number of carbonyl (C=O) groups is 1. The van der Waals surface area contributed by atoms with Gasteiger partial charge in [0.2, 0.25) is 0 Å². The van der Waals surface area contributed by atoms with Crippen molar-refractivity contribution in [3.63, 3.8) is 0 Å². The zero-order chi connectivity index (χ0) is 18.4. The molecule has 8 nitrogen and oxygen atoms in total. The molecular weight excluding hydrogens is 335 g/mol. The molecule has 132 valence electrons. The standard InChI is InChI=1S/C16H15FN2O6/c17-11-4-5-13(14(7-11)25-9-15(20)21)16(22)18-8-10-2-1-3-12(6-10)19(23)24/h1-7,15,20-21H,8-9H2,(H,18,22). The molecule has 0 fully saturated rings. The Bertz CT molecular complexity index is 781. The molecule has 0 radical (unpaired) electrons. The lowest BCUT2D eigenvalue weighted by molar-refractivity contribution is -0.384. The molecule has 0 aliphatic rings. The number of hydrogen-bond acceptors (Lipinski definition) is 6. The Morgan fingerprint density at radius 3 is 2.72 bits per heavy atom. The fourth-order valence-corrected chi connectivity index (χ4v) is 2.03. The van der Waals surface area contributed by atoms with Crippen LogP contribution in [0.15, 0.2) is 42.5 Å². The van der Waals surface area contributed by atoms with E-state index in [1.165, 1.54) is 24.3 Å². The van der Waals surface area contributed by atoms with Crippen LogP contribution < -0.4 is 10.1 Å². The van der Waals surface area contributed by atoms with Gasteiger partial charge in [0.25, 0.3) is 11.6 Å². The molecule has 1 amide bonds. The first-order valence-electron chi connectivity index (χ1n) is 7.17. The Labute approximate surface area is 141 Å². The first kappa shape index (κ1) is 18.3. The SMILES string of the molecule is O=C(NCc1cccc([N+](=O)[O-])c1)c1ccc(F)cc1OCC(O)O. The summed E-state index contributed by atoms with van der Waals surface area (Å²) in [7, 11) is 0. The topological polar surface area (TPSA) is 122 Å². The van der Waals surface area contributed by atoms with Crippen molar-refractivity contribution in [1.29, 1.82) is 0 Å². The first-order valence-corrected chi connectivity index (χ1v) is 7.17. The highest BCUT2D eigenvalue weighted by Gasteiger charge is 2.15. The largest absolute Gasteiger partial charge is 0.487 e. The van der Waals surface area contributed by atoms with E-state index in [0.717, 1.165) is 12.1 Å². The van der Waals surface area contributed by atoms with Gasteiger partial charge in [0.1, 0.15) is 18.2 Å². The highest BCUT2D eigenvalue weighted by molar-refractivity contribution is 5.96. The molecule has 0 bridgehead atoms. The number of nitrogens with zero attached hydrogens (tertiary/aromatic N) is 1. The number of rotatable bonds is 7. The van der Waals surface area contributed by atoms with E-state index in [4.69, 9.17) is 14.9 Å². The number of aliphatic hydroxyl groups excluding tert-OH is 1. The van der Waals surface area contributed by atoms with Crippen LogP contribution in [0.4, 0.5) is 10.1 Å². The van der Waals surface area contributed by atoms with Gasteiger partial charge in [-0.05, 0) is 17.7 Å². The molecule has 0 aliphatic heterocycles. The molecular formula is C16H15FN2O6. The average Bonchev–Trinajstić information content (AvgIpc) is 2.58. The third-order valence-electron chi connectivity index (χ3n) is 3.15. The third kappa shape index (κ3) is 5.23. The Morgan fingerprint density at radius 1 is 1.28 bits per heavy atom. The summed E-state index contributed by atoms with van der Waals surface area (Å²) in [6.07, 6.45) is -1.77. The van der Waals surface area contributed by atoms with Gasteiger partial charge in [0, 0.05) is 24.7 Å². The zero-order valence-corrected chi connectivity index (χ0v) is 12.9. The predicted molar refractivity (Wildman–Crippen MR) is 84.4 cm³/mol. The van der Waals surface area contributed by atoms with E-state index in [-0.39, 0.29) is 23.5 Å². The van der Waals surface area contributed by atoms with Crippen LogP contribution >= 0.6 is 0 Å². The zero-order valence-electron chi connectivity index (χ0n) is 12.9. The van der Waals surface area contributed by atoms with E-state index in [1.54, 1.807) is 6.07 Å². The molecule has 0 saturated heterocycles. The summed E-state index contributed by atoms with van der Waals surface area (Å²) in [6, 6.07) is 8.96. The minimum Gasteiger partial charge on any atom is -0.487 e. The molecule has 0 aromatic heterocycles. The minimum absolute atomic E-state index is 0.00696. The Hall–Kier alpha value is -3.04. The second-order valence-corrected chi connectivity index (χ2v) is 5.04. The maximum Gasteiger partial charge on any atom is 0.269 e. The summed E-state index contributed by atoms with van der Waals surface area (Å²) in [6.45, 7) is -0.519. The lowest BCUT2D eigenvalue weighted by Gasteiger charge is -2.12. The van der Waals surface area contributed by atoms with Crippen molar-refractivity contribution in [2.24, 2.45) is 0 Å². The summed E-state index contributed by atoms with van der Waals surface area (Å²) in [4.78, 5) is 22.4. The van der Waals surface area contributed by atoms with Crippen molar-refractivity contribution in [2.45, 2.75) is 12.8 Å². The fraction of sp³-hybridized carbons (Fsp3) is 0.188. The summed E-state index contributed by atoms with van der Waals surface area (Å²) in [5.74, 6) is -1.41. The molecule has 3 N–H and O–H groups in total. The van der Waals surface area contributed by atoms with Gasteiger partial charge in [-0.1, -0.05) is 12.1 Å². The van der Waals surface area contributed by atoms with Crippen LogP contribution in [-0.4, -0.2) is 33.9 Å². The fourth-order valence-electron chi connectivity index (χ4n) is 2.03. The normalized spacial score (nSPS) is 10.6. The quantitative estimate of drug-likeness (QED) is 0.394. The van der Waals surface area contributed by atoms with Crippen LogP contribution in [0.1, 0.15) is 15.9 Å². The highest BCUT2D eigenvalue weighted by atomic mass is 19.1. The van der Waals surface area contributed by atoms with Crippen LogP contribution in [-0.2, 0) is 6.54 Å². The van der Waals surface area contributed by atoms with Gasteiger partial charge in [0.05, 0.1) is 10.5 Å². The lowest BCUT2D eigenvalue weighted by Crippen LogP contribution is -2.24. The summed E-state index contributed by atoms with van der Waals surface area (Å²) < 4.78 is 18.3. The molecule has 2 aromatic carbocycles. The second-order valence-electron chi connectivity index (χ2n) is 5.04. The smallest absolute Gasteiger partial charge is 0.269 e. The number of amides is 1. The van der Waals surface area contributed by atoms with E-state index in [0.29, 0.717) is 5.56 Å². The number of non-ortho nitro benzene ring substituents is 1. The second kappa shape index (κ2) is 8.18. The van der Waals surface area contributed by atoms with Crippen molar-refractivity contribution >= 4 is 11.6 Å². The number of halogens is 1. The van der Waals surface area contributed by atoms with Crippen molar-refractivity contribution < 1.29 is 29.1 Å². The highest BCUT2D eigenvalue weighted by Crippen LogP contribution is 2.20. The number of carbonyl (C=O) groups excluding carboxylic acids is 1. The number of aliphatic hydroxyl groups is 2. The van der Waals surface area contributed by atoms with E-state index in [9.17, 15) is 19.3 Å². The predicted octanol–water partition coefficient (Wildman–Crippen LogP) is 1.35. The molecule has 0 aliphatic carbocycles. The number of hydrogen-bond donors (Lipinski definition) is 3. The number of ether oxygens (including phenoxy) is 1. The van der Waals surface area contributed by atoms with E-state index in [2.05, 4.69) is 5.32 Å². The van der Waals surface area contributed by atoms with Crippen LogP contribution in [0, 0.1) is 15.9 Å². The maximum absolute atomic E-state index is 13.3. The maximum atomic E-state index is 13.3. The van der Waals surface area contributed by atoms with Gasteiger partial charge in [-0.25, -0.2) is 4.39 Å². The van der Waals surface area contributed by atoms with E-state index < -0.39 is 29.5 Å². The monoisotopic (exact) mass is 350 g/mol. The van der Waals surface area contributed by atoms with Crippen molar-refractivity contribution in [2.75, 3.05) is 6.61 Å². The summed E-state index contributed by atoms with van der Waals surface area (Å²) in [5.41, 5.74) is 0.403. The van der Waals surface area contributed by atoms with Gasteiger partial charge in [-0.3, -0.25) is 14.9 Å². The van der Waals surface area contributed by atoms with Crippen LogP contribution in [0.3, 0.4) is 0 Å². The van der Waals surface area contributed by atoms with Crippen LogP contribution in [0.25, 0.3) is 0 Å². The van der Waals surface area contributed by atoms with Crippen molar-refractivity contribution in [1.82, 2.24) is 5.32 Å². The molecule has 9 heteroatoms. The van der Waals surface area contributed by atoms with Gasteiger partial charge in [-0.15, -0.1) is 0 Å². The van der Waals surface area contributed by atoms with E-state index >= 15 is 0 Å². The van der Waals surface area contributed by atoms with Gasteiger partial charge >= 0.3 is 0 Å². The molecule has 0 spiro atoms. The molecule has 2 aromatic rings. The number of nitro groups is 1. The summed E-state index contributed by atoms with van der Waals surface area (Å²) in [5, 5.41) is 30.9. The average molecular weight is 350 g/mol. The molecule has 25 heavy (non-hydrogen) atoms. The summed E-state index contributed by atoms with van der Waals surface area (Å²) >= 11 is 0. The van der Waals surface area contributed by atoms with Gasteiger partial charge in [-0.2, -0.15) is 0 Å². The molecule has 2 rings (SSSR count). The lowest BCUT2D eigenvalue weighted by atomic mass is 10.1. The number of benzene rings is 2. The van der Waals surface area contributed by atoms with Crippen LogP contribution in [0.2, 0.25) is 0 Å². The van der Waals surface area contributed by atoms with Crippen molar-refractivity contribution in [3.8, 4) is 5.75 Å². The van der Waals surface area contributed by atoms with Crippen molar-refractivity contribution in [3.05, 3.63) is 69.5 Å². The molecule has 0 saturated carbocycles. The molecule has 0 heterocycles. The molecule has 0 unspecified atom stereocenters.